The average molecular weight is 331 g/mol. The molecule has 1 aromatic carbocycles. The van der Waals surface area contributed by atoms with E-state index in [1.165, 1.54) is 5.56 Å². The van der Waals surface area contributed by atoms with Crippen molar-refractivity contribution in [1.82, 2.24) is 4.90 Å². The van der Waals surface area contributed by atoms with E-state index in [2.05, 4.69) is 66.2 Å². The zero-order valence-electron chi connectivity index (χ0n) is 11.6. The first kappa shape index (κ1) is 16.0. The maximum Gasteiger partial charge on any atom is 0.0496 e. The number of thioether (sulfide) groups is 1. The molecule has 18 heavy (non-hydrogen) atoms. The smallest absolute Gasteiger partial charge is 0.0496 e. The molecule has 2 N–H and O–H groups in total. The van der Waals surface area contributed by atoms with Crippen molar-refractivity contribution >= 4 is 27.7 Å². The van der Waals surface area contributed by atoms with E-state index in [4.69, 9.17) is 5.73 Å². The maximum atomic E-state index is 6.19. The number of hydrogen-bond donors (Lipinski definition) is 1. The fourth-order valence-corrected chi connectivity index (χ4v) is 3.37. The fourth-order valence-electron chi connectivity index (χ4n) is 2.23. The van der Waals surface area contributed by atoms with Crippen LogP contribution >= 0.6 is 27.7 Å². The first-order valence-corrected chi connectivity index (χ1v) is 8.38. The summed E-state index contributed by atoms with van der Waals surface area (Å²) in [5.41, 5.74) is 7.46. The van der Waals surface area contributed by atoms with Crippen LogP contribution in [-0.4, -0.2) is 36.0 Å². The van der Waals surface area contributed by atoms with Gasteiger partial charge >= 0.3 is 0 Å². The van der Waals surface area contributed by atoms with Crippen LogP contribution in [0.15, 0.2) is 28.7 Å². The number of benzene rings is 1. The summed E-state index contributed by atoms with van der Waals surface area (Å²) in [7, 11) is 2.16. The molecule has 0 bridgehead atoms. The van der Waals surface area contributed by atoms with Gasteiger partial charge in [0.25, 0.3) is 0 Å². The van der Waals surface area contributed by atoms with E-state index >= 15 is 0 Å². The van der Waals surface area contributed by atoms with Crippen molar-refractivity contribution in [2.24, 2.45) is 5.73 Å². The van der Waals surface area contributed by atoms with E-state index in [0.29, 0.717) is 6.04 Å². The van der Waals surface area contributed by atoms with Gasteiger partial charge in [-0.05, 0) is 44.8 Å². The summed E-state index contributed by atoms with van der Waals surface area (Å²) in [5.74, 6) is 1.12. The summed E-state index contributed by atoms with van der Waals surface area (Å²) in [6, 6.07) is 9.31. The van der Waals surface area contributed by atoms with Gasteiger partial charge in [0.1, 0.15) is 0 Å². The lowest BCUT2D eigenvalue weighted by Gasteiger charge is -2.35. The first-order valence-electron chi connectivity index (χ1n) is 6.19. The summed E-state index contributed by atoms with van der Waals surface area (Å²) < 4.78 is 1.11. The monoisotopic (exact) mass is 330 g/mol. The molecule has 102 valence electrons. The molecule has 1 rings (SSSR count). The number of hydrogen-bond acceptors (Lipinski definition) is 3. The van der Waals surface area contributed by atoms with Gasteiger partial charge in [-0.2, -0.15) is 11.8 Å². The molecule has 0 fully saturated rings. The third-order valence-corrected chi connectivity index (χ3v) is 4.54. The largest absolute Gasteiger partial charge is 0.326 e. The van der Waals surface area contributed by atoms with Crippen molar-refractivity contribution in [3.05, 3.63) is 34.3 Å². The van der Waals surface area contributed by atoms with Crippen LogP contribution in [0.3, 0.4) is 0 Å². The van der Waals surface area contributed by atoms with Gasteiger partial charge in [0.2, 0.25) is 0 Å². The van der Waals surface area contributed by atoms with Crippen LogP contribution in [0.25, 0.3) is 0 Å². The Labute approximate surface area is 123 Å². The van der Waals surface area contributed by atoms with Crippen LogP contribution < -0.4 is 5.73 Å². The Morgan fingerprint density at radius 2 is 2.06 bits per heavy atom. The molecule has 0 aliphatic rings. The molecule has 3 atom stereocenters. The highest BCUT2D eigenvalue weighted by Gasteiger charge is 2.24. The molecule has 0 aliphatic carbocycles. The molecule has 0 aromatic heterocycles. The van der Waals surface area contributed by atoms with Crippen molar-refractivity contribution in [2.45, 2.75) is 32.0 Å². The maximum absolute atomic E-state index is 6.19. The van der Waals surface area contributed by atoms with Gasteiger partial charge in [-0.3, -0.25) is 4.90 Å². The fraction of sp³-hybridized carbons (Fsp3) is 0.571. The van der Waals surface area contributed by atoms with E-state index in [0.717, 1.165) is 10.2 Å². The average Bonchev–Trinajstić information content (AvgIpc) is 2.29. The van der Waals surface area contributed by atoms with Crippen molar-refractivity contribution in [3.63, 3.8) is 0 Å². The number of halogens is 1. The van der Waals surface area contributed by atoms with E-state index < -0.39 is 0 Å². The minimum Gasteiger partial charge on any atom is -0.326 e. The second-order valence-corrected chi connectivity index (χ2v) is 6.66. The first-order chi connectivity index (χ1) is 8.47. The Balaban J connectivity index is 2.95. The van der Waals surface area contributed by atoms with Crippen molar-refractivity contribution in [2.75, 3.05) is 19.1 Å². The third kappa shape index (κ3) is 4.26. The summed E-state index contributed by atoms with van der Waals surface area (Å²) in [6.07, 6.45) is 2.14. The van der Waals surface area contributed by atoms with Crippen molar-refractivity contribution in [1.29, 1.82) is 0 Å². The molecule has 3 unspecified atom stereocenters. The molecule has 0 saturated heterocycles. The molecule has 0 aliphatic heterocycles. The highest BCUT2D eigenvalue weighted by Crippen LogP contribution is 2.27. The Kier molecular flexibility index (Phi) is 6.71. The van der Waals surface area contributed by atoms with Crippen molar-refractivity contribution < 1.29 is 0 Å². The van der Waals surface area contributed by atoms with E-state index in [1.807, 2.05) is 17.8 Å². The Hall–Kier alpha value is -0.0300. The normalized spacial score (nSPS) is 16.6. The zero-order valence-corrected chi connectivity index (χ0v) is 14.0. The highest BCUT2D eigenvalue weighted by atomic mass is 79.9. The van der Waals surface area contributed by atoms with E-state index in [9.17, 15) is 0 Å². The summed E-state index contributed by atoms with van der Waals surface area (Å²) >= 11 is 5.41. The lowest BCUT2D eigenvalue weighted by Crippen LogP contribution is -2.42. The quantitative estimate of drug-likeness (QED) is 0.865. The van der Waals surface area contributed by atoms with Crippen LogP contribution in [0.1, 0.15) is 25.5 Å². The van der Waals surface area contributed by atoms with Gasteiger partial charge in [0.05, 0.1) is 0 Å². The number of rotatable bonds is 6. The lowest BCUT2D eigenvalue weighted by molar-refractivity contribution is 0.178. The second-order valence-electron chi connectivity index (χ2n) is 4.83. The second kappa shape index (κ2) is 7.53. The van der Waals surface area contributed by atoms with Gasteiger partial charge < -0.3 is 5.73 Å². The molecule has 4 heteroatoms. The van der Waals surface area contributed by atoms with Gasteiger partial charge in [-0.15, -0.1) is 0 Å². The SMILES string of the molecule is CSCC(C)N(C)C(c1cccc(Br)c1)C(C)N. The summed E-state index contributed by atoms with van der Waals surface area (Å²) in [5, 5.41) is 0. The van der Waals surface area contributed by atoms with E-state index in [-0.39, 0.29) is 12.1 Å². The minimum absolute atomic E-state index is 0.105. The van der Waals surface area contributed by atoms with Crippen LogP contribution in [0.5, 0.6) is 0 Å². The Morgan fingerprint density at radius 1 is 1.39 bits per heavy atom. The highest BCUT2D eigenvalue weighted by molar-refractivity contribution is 9.10. The lowest BCUT2D eigenvalue weighted by atomic mass is 9.98. The predicted molar refractivity (Wildman–Crippen MR) is 86.1 cm³/mol. The third-order valence-electron chi connectivity index (χ3n) is 3.23. The molecule has 0 radical (unpaired) electrons. The molecular formula is C14H23BrN2S. The molecule has 0 saturated carbocycles. The predicted octanol–water partition coefficient (Wildman–Crippen LogP) is 3.52. The van der Waals surface area contributed by atoms with Gasteiger partial charge in [-0.1, -0.05) is 28.1 Å². The summed E-state index contributed by atoms with van der Waals surface area (Å²) in [6.45, 7) is 4.33. The number of likely N-dealkylation sites (N-methyl/N-ethyl adjacent to an activating group) is 1. The number of nitrogens with zero attached hydrogens (tertiary/aromatic N) is 1. The van der Waals surface area contributed by atoms with E-state index in [1.54, 1.807) is 0 Å². The van der Waals surface area contributed by atoms with Crippen LogP contribution in [0.2, 0.25) is 0 Å². The molecule has 0 heterocycles. The van der Waals surface area contributed by atoms with Gasteiger partial charge in [0, 0.05) is 28.4 Å². The van der Waals surface area contributed by atoms with Gasteiger partial charge in [0.15, 0.2) is 0 Å². The topological polar surface area (TPSA) is 29.3 Å². The Morgan fingerprint density at radius 3 is 2.56 bits per heavy atom. The standard InChI is InChI=1S/C14H23BrN2S/c1-10(9-18-4)17(3)14(11(2)16)12-6-5-7-13(15)8-12/h5-8,10-11,14H,9,16H2,1-4H3. The molecule has 0 amide bonds. The summed E-state index contributed by atoms with van der Waals surface area (Å²) in [4.78, 5) is 2.38. The number of nitrogens with two attached hydrogens (primary N) is 1. The van der Waals surface area contributed by atoms with Crippen LogP contribution in [0, 0.1) is 0 Å². The molecular weight excluding hydrogens is 308 g/mol. The van der Waals surface area contributed by atoms with Gasteiger partial charge in [-0.25, -0.2) is 0 Å². The van der Waals surface area contributed by atoms with Crippen LogP contribution in [-0.2, 0) is 0 Å². The minimum atomic E-state index is 0.105. The zero-order chi connectivity index (χ0) is 13.7. The van der Waals surface area contributed by atoms with Crippen LogP contribution in [0.4, 0.5) is 0 Å². The molecule has 0 spiro atoms. The molecule has 1 aromatic rings. The Bertz CT molecular complexity index is 371. The van der Waals surface area contributed by atoms with Crippen molar-refractivity contribution in [3.8, 4) is 0 Å². The molecule has 2 nitrogen and oxygen atoms in total.